The molecule has 0 unspecified atom stereocenters. The lowest BCUT2D eigenvalue weighted by Gasteiger charge is -2.34. The number of nitrogens with zero attached hydrogens (tertiary/aromatic N) is 3. The first-order chi connectivity index (χ1) is 12.7. The Labute approximate surface area is 151 Å². The van der Waals surface area contributed by atoms with Crippen LogP contribution in [0.5, 0.6) is 0 Å². The van der Waals surface area contributed by atoms with Gasteiger partial charge in [0.1, 0.15) is 0 Å². The fourth-order valence-electron chi connectivity index (χ4n) is 3.71. The first-order valence-electron chi connectivity index (χ1n) is 9.17. The lowest BCUT2D eigenvalue weighted by Crippen LogP contribution is -2.42. The highest BCUT2D eigenvalue weighted by atomic mass is 16.7. The molecule has 7 nitrogen and oxygen atoms in total. The number of carbonyl (C=O) groups is 1. The topological polar surface area (TPSA) is 73.7 Å². The number of rotatable bonds is 4. The zero-order valence-electron chi connectivity index (χ0n) is 14.7. The molecule has 0 saturated carbocycles. The first kappa shape index (κ1) is 17.2. The van der Waals surface area contributed by atoms with Gasteiger partial charge in [-0.15, -0.1) is 0 Å². The van der Waals surface area contributed by atoms with Crippen molar-refractivity contribution in [1.29, 1.82) is 0 Å². The average Bonchev–Trinajstić information content (AvgIpc) is 3.22. The summed E-state index contributed by atoms with van der Waals surface area (Å²) in [7, 11) is 0. The molecule has 26 heavy (non-hydrogen) atoms. The third-order valence-corrected chi connectivity index (χ3v) is 5.22. The molecular weight excluding hydrogens is 334 g/mol. The largest absolute Gasteiger partial charge is 0.350 e. The highest BCUT2D eigenvalue weighted by Crippen LogP contribution is 2.26. The van der Waals surface area contributed by atoms with E-state index < -0.39 is 0 Å². The second-order valence-electron chi connectivity index (χ2n) is 6.84. The molecule has 2 fully saturated rings. The minimum atomic E-state index is -0.102. The van der Waals surface area contributed by atoms with E-state index in [-0.39, 0.29) is 17.8 Å². The van der Waals surface area contributed by atoms with Crippen molar-refractivity contribution in [3.63, 3.8) is 0 Å². The third kappa shape index (κ3) is 3.50. The number of para-hydroxylation sites is 1. The predicted octanol–water partition coefficient (Wildman–Crippen LogP) is 1.40. The molecule has 0 spiro atoms. The monoisotopic (exact) mass is 357 g/mol. The highest BCUT2D eigenvalue weighted by molar-refractivity contribution is 5.77. The number of ether oxygens (including phenoxy) is 2. The summed E-state index contributed by atoms with van der Waals surface area (Å²) in [5, 5.41) is 0.583. The molecule has 2 aliphatic heterocycles. The summed E-state index contributed by atoms with van der Waals surface area (Å²) in [6, 6.07) is 7.26. The average molecular weight is 357 g/mol. The summed E-state index contributed by atoms with van der Waals surface area (Å²) in [6.07, 6.45) is 3.52. The molecule has 1 aromatic carbocycles. The Bertz CT molecular complexity index is 836. The van der Waals surface area contributed by atoms with Crippen LogP contribution in [0.15, 0.2) is 35.4 Å². The normalized spacial score (nSPS) is 19.3. The third-order valence-electron chi connectivity index (χ3n) is 5.22. The molecule has 0 atom stereocenters. The van der Waals surface area contributed by atoms with Crippen molar-refractivity contribution in [3.05, 3.63) is 40.9 Å². The number of hydrogen-bond acceptors (Lipinski definition) is 5. The van der Waals surface area contributed by atoms with Crippen LogP contribution in [-0.2, 0) is 20.8 Å². The Morgan fingerprint density at radius 3 is 2.65 bits per heavy atom. The summed E-state index contributed by atoms with van der Waals surface area (Å²) in [4.78, 5) is 31.2. The van der Waals surface area contributed by atoms with E-state index in [4.69, 9.17) is 9.47 Å². The van der Waals surface area contributed by atoms with Crippen molar-refractivity contribution in [3.8, 4) is 0 Å². The molecule has 138 valence electrons. The number of fused-ring (bicyclic) bond motifs is 1. The van der Waals surface area contributed by atoms with Crippen molar-refractivity contribution in [1.82, 2.24) is 14.5 Å². The zero-order valence-corrected chi connectivity index (χ0v) is 14.7. The fourth-order valence-corrected chi connectivity index (χ4v) is 3.71. The van der Waals surface area contributed by atoms with E-state index in [1.807, 2.05) is 23.1 Å². The number of hydrogen-bond donors (Lipinski definition) is 0. The maximum Gasteiger partial charge on any atom is 0.261 e. The highest BCUT2D eigenvalue weighted by Gasteiger charge is 2.31. The van der Waals surface area contributed by atoms with Crippen LogP contribution in [0.2, 0.25) is 0 Å². The standard InChI is InChI=1S/C19H23N3O4/c23-17(21-8-5-14(6-9-21)19-25-11-12-26-19)7-10-22-13-20-16-4-2-1-3-15(16)18(22)24/h1-4,13-14,19H,5-12H2. The molecule has 2 aromatic rings. The fraction of sp³-hybridized carbons (Fsp3) is 0.526. The van der Waals surface area contributed by atoms with Gasteiger partial charge >= 0.3 is 0 Å². The number of benzene rings is 1. The number of amides is 1. The van der Waals surface area contributed by atoms with Crippen LogP contribution >= 0.6 is 0 Å². The maximum atomic E-state index is 12.5. The molecule has 2 aliphatic rings. The van der Waals surface area contributed by atoms with Crippen molar-refractivity contribution in [2.75, 3.05) is 26.3 Å². The summed E-state index contributed by atoms with van der Waals surface area (Å²) in [6.45, 7) is 3.12. The lowest BCUT2D eigenvalue weighted by atomic mass is 9.96. The van der Waals surface area contributed by atoms with Gasteiger partial charge in [0.25, 0.3) is 5.56 Å². The summed E-state index contributed by atoms with van der Waals surface area (Å²) >= 11 is 0. The number of aromatic nitrogens is 2. The second-order valence-corrected chi connectivity index (χ2v) is 6.84. The molecule has 0 N–H and O–H groups in total. The number of carbonyl (C=O) groups excluding carboxylic acids is 1. The van der Waals surface area contributed by atoms with Gasteiger partial charge in [-0.25, -0.2) is 4.98 Å². The van der Waals surface area contributed by atoms with Crippen LogP contribution in [0.1, 0.15) is 19.3 Å². The molecular formula is C19H23N3O4. The molecule has 1 amide bonds. The van der Waals surface area contributed by atoms with Crippen LogP contribution in [-0.4, -0.2) is 53.0 Å². The van der Waals surface area contributed by atoms with Crippen molar-refractivity contribution in [2.24, 2.45) is 5.92 Å². The first-order valence-corrected chi connectivity index (χ1v) is 9.17. The van der Waals surface area contributed by atoms with E-state index in [9.17, 15) is 9.59 Å². The van der Waals surface area contributed by atoms with Crippen LogP contribution in [0.4, 0.5) is 0 Å². The molecule has 7 heteroatoms. The molecule has 2 saturated heterocycles. The number of piperidine rings is 1. The second kappa shape index (κ2) is 7.55. The number of aryl methyl sites for hydroxylation is 1. The van der Waals surface area contributed by atoms with Gasteiger partial charge in [-0.3, -0.25) is 14.2 Å². The Morgan fingerprint density at radius 1 is 1.15 bits per heavy atom. The van der Waals surface area contributed by atoms with Crippen molar-refractivity contribution < 1.29 is 14.3 Å². The summed E-state index contributed by atoms with van der Waals surface area (Å²) < 4.78 is 12.7. The van der Waals surface area contributed by atoms with Crippen LogP contribution in [0.25, 0.3) is 10.9 Å². The van der Waals surface area contributed by atoms with E-state index in [2.05, 4.69) is 4.98 Å². The van der Waals surface area contributed by atoms with E-state index >= 15 is 0 Å². The van der Waals surface area contributed by atoms with Crippen molar-refractivity contribution >= 4 is 16.8 Å². The Hall–Kier alpha value is -2.25. The van der Waals surface area contributed by atoms with E-state index in [1.165, 1.54) is 10.9 Å². The maximum absolute atomic E-state index is 12.5. The van der Waals surface area contributed by atoms with Gasteiger partial charge in [-0.05, 0) is 25.0 Å². The molecule has 3 heterocycles. The van der Waals surface area contributed by atoms with E-state index in [0.29, 0.717) is 43.0 Å². The minimum Gasteiger partial charge on any atom is -0.350 e. The van der Waals surface area contributed by atoms with Gasteiger partial charge in [-0.2, -0.15) is 0 Å². The van der Waals surface area contributed by atoms with Gasteiger partial charge in [-0.1, -0.05) is 12.1 Å². The van der Waals surface area contributed by atoms with Gasteiger partial charge in [0.2, 0.25) is 5.91 Å². The summed E-state index contributed by atoms with van der Waals surface area (Å²) in [5.74, 6) is 0.450. The smallest absolute Gasteiger partial charge is 0.261 e. The molecule has 1 aromatic heterocycles. The van der Waals surface area contributed by atoms with Gasteiger partial charge in [0.15, 0.2) is 6.29 Å². The SMILES string of the molecule is O=C(CCn1cnc2ccccc2c1=O)N1CCC(C2OCCO2)CC1. The van der Waals surface area contributed by atoms with Gasteiger partial charge in [0, 0.05) is 32.0 Å². The van der Waals surface area contributed by atoms with Gasteiger partial charge < -0.3 is 14.4 Å². The molecule has 0 bridgehead atoms. The number of likely N-dealkylation sites (tertiary alicyclic amines) is 1. The Kier molecular flexibility index (Phi) is 4.99. The Morgan fingerprint density at radius 2 is 1.88 bits per heavy atom. The van der Waals surface area contributed by atoms with Crippen molar-refractivity contribution in [2.45, 2.75) is 32.1 Å². The Balaban J connectivity index is 1.33. The predicted molar refractivity (Wildman–Crippen MR) is 95.6 cm³/mol. The molecule has 0 aliphatic carbocycles. The van der Waals surface area contributed by atoms with Crippen LogP contribution in [0, 0.1) is 5.92 Å². The van der Waals surface area contributed by atoms with E-state index in [0.717, 1.165) is 25.9 Å². The molecule has 0 radical (unpaired) electrons. The van der Waals surface area contributed by atoms with Crippen LogP contribution in [0.3, 0.4) is 0 Å². The quantitative estimate of drug-likeness (QED) is 0.827. The van der Waals surface area contributed by atoms with Gasteiger partial charge in [0.05, 0.1) is 30.4 Å². The zero-order chi connectivity index (χ0) is 17.9. The molecule has 4 rings (SSSR count). The minimum absolute atomic E-state index is 0.0803. The van der Waals surface area contributed by atoms with E-state index in [1.54, 1.807) is 6.07 Å². The summed E-state index contributed by atoms with van der Waals surface area (Å²) in [5.41, 5.74) is 0.580. The lowest BCUT2D eigenvalue weighted by molar-refractivity contribution is -0.137. The van der Waals surface area contributed by atoms with Crippen LogP contribution < -0.4 is 5.56 Å².